The summed E-state index contributed by atoms with van der Waals surface area (Å²) in [4.78, 5) is 34.6. The Morgan fingerprint density at radius 3 is 2.86 bits per heavy atom. The predicted molar refractivity (Wildman–Crippen MR) is 140 cm³/mol. The fraction of sp³-hybridized carbons (Fsp3) is 0.321. The Labute approximate surface area is 212 Å². The second-order valence-corrected chi connectivity index (χ2v) is 10.0. The fourth-order valence-corrected chi connectivity index (χ4v) is 6.19. The van der Waals surface area contributed by atoms with Crippen LogP contribution in [0.3, 0.4) is 0 Å². The Hall–Kier alpha value is -3.52. The Bertz CT molecular complexity index is 1410. The first-order valence-electron chi connectivity index (χ1n) is 12.4. The van der Waals surface area contributed by atoms with E-state index < -0.39 is 0 Å². The molecule has 6 nitrogen and oxygen atoms in total. The number of carbonyl (C=O) groups excluding carboxylic acids is 2. The number of thiophene rings is 1. The van der Waals surface area contributed by atoms with Crippen molar-refractivity contribution in [3.63, 3.8) is 0 Å². The lowest BCUT2D eigenvalue weighted by Gasteiger charge is -2.12. The summed E-state index contributed by atoms with van der Waals surface area (Å²) in [5, 5.41) is 4.37. The molecule has 2 N–H and O–H groups in total. The average Bonchev–Trinajstić information content (AvgIpc) is 3.42. The summed E-state index contributed by atoms with van der Waals surface area (Å²) in [5.41, 5.74) is 4.94. The van der Waals surface area contributed by atoms with Crippen LogP contribution in [0.25, 0.3) is 22.3 Å². The number of H-pyrrole nitrogens is 1. The highest BCUT2D eigenvalue weighted by Gasteiger charge is 2.27. The van der Waals surface area contributed by atoms with Crippen LogP contribution in [0.15, 0.2) is 42.6 Å². The molecule has 0 spiro atoms. The van der Waals surface area contributed by atoms with E-state index in [1.165, 1.54) is 28.3 Å². The molecule has 3 aromatic heterocycles. The topological polar surface area (TPSA) is 84.1 Å². The van der Waals surface area contributed by atoms with Gasteiger partial charge >= 0.3 is 5.97 Å². The number of anilines is 1. The Morgan fingerprint density at radius 2 is 2.06 bits per heavy atom. The Kier molecular flexibility index (Phi) is 7.13. The lowest BCUT2D eigenvalue weighted by atomic mass is 9.95. The number of hydrogen-bond acceptors (Lipinski definition) is 5. The quantitative estimate of drug-likeness (QED) is 0.270. The van der Waals surface area contributed by atoms with E-state index in [0.29, 0.717) is 30.0 Å². The molecule has 0 fully saturated rings. The van der Waals surface area contributed by atoms with Crippen LogP contribution in [0.2, 0.25) is 0 Å². The number of nitrogens with zero attached hydrogens (tertiary/aromatic N) is 1. The van der Waals surface area contributed by atoms with Gasteiger partial charge in [-0.25, -0.2) is 9.18 Å². The van der Waals surface area contributed by atoms with Gasteiger partial charge in [-0.2, -0.15) is 0 Å². The molecule has 0 radical (unpaired) electrons. The first kappa shape index (κ1) is 24.2. The molecule has 0 bridgehead atoms. The van der Waals surface area contributed by atoms with Gasteiger partial charge in [0.1, 0.15) is 10.8 Å². The van der Waals surface area contributed by atoms with Crippen molar-refractivity contribution in [3.8, 4) is 11.4 Å². The molecule has 1 aliphatic carbocycles. The monoisotopic (exact) mass is 505 g/mol. The van der Waals surface area contributed by atoms with E-state index in [1.54, 1.807) is 19.2 Å². The molecule has 3 heterocycles. The normalized spacial score (nSPS) is 12.9. The van der Waals surface area contributed by atoms with Gasteiger partial charge in [-0.3, -0.25) is 9.78 Å². The van der Waals surface area contributed by atoms with Crippen LogP contribution in [-0.4, -0.2) is 28.5 Å². The standard InChI is InChI=1S/C28H28FN3O3S/c1-2-35-28(34)25-19-8-3-4-11-23(19)36-27(25)32-24(33)12-7-9-18-20-16-17(29)13-14-21(20)31-26(18)22-10-5-6-15-30-22/h5-6,10,13-16,31H,2-4,7-9,11-12H2,1H3,(H,32,33). The highest BCUT2D eigenvalue weighted by molar-refractivity contribution is 7.17. The molecular formula is C28H28FN3O3S. The zero-order valence-corrected chi connectivity index (χ0v) is 21.0. The minimum absolute atomic E-state index is 0.149. The molecule has 36 heavy (non-hydrogen) atoms. The van der Waals surface area contributed by atoms with Crippen molar-refractivity contribution in [1.29, 1.82) is 0 Å². The van der Waals surface area contributed by atoms with Gasteiger partial charge < -0.3 is 15.0 Å². The first-order chi connectivity index (χ1) is 17.5. The number of aromatic nitrogens is 2. The maximum Gasteiger partial charge on any atom is 0.341 e. The molecule has 4 aromatic rings. The minimum Gasteiger partial charge on any atom is -0.462 e. The third-order valence-corrected chi connectivity index (χ3v) is 7.73. The second-order valence-electron chi connectivity index (χ2n) is 8.92. The zero-order valence-electron chi connectivity index (χ0n) is 20.2. The van der Waals surface area contributed by atoms with E-state index in [9.17, 15) is 14.0 Å². The molecule has 186 valence electrons. The van der Waals surface area contributed by atoms with Crippen LogP contribution < -0.4 is 5.32 Å². The van der Waals surface area contributed by atoms with Crippen LogP contribution >= 0.6 is 11.3 Å². The number of ether oxygens (including phenoxy) is 1. The van der Waals surface area contributed by atoms with E-state index in [-0.39, 0.29) is 24.1 Å². The van der Waals surface area contributed by atoms with Crippen molar-refractivity contribution in [3.05, 3.63) is 70.0 Å². The third kappa shape index (κ3) is 4.91. The van der Waals surface area contributed by atoms with Gasteiger partial charge in [-0.1, -0.05) is 6.07 Å². The number of nitrogens with one attached hydrogen (secondary N) is 2. The molecule has 0 saturated carbocycles. The SMILES string of the molecule is CCOC(=O)c1c(NC(=O)CCCc2c(-c3ccccn3)[nH]c3ccc(F)cc23)sc2c1CCCC2. The molecular weight excluding hydrogens is 477 g/mol. The number of aryl methyl sites for hydroxylation is 2. The van der Waals surface area contributed by atoms with Gasteiger partial charge in [-0.15, -0.1) is 11.3 Å². The summed E-state index contributed by atoms with van der Waals surface area (Å²) in [6.45, 7) is 2.07. The van der Waals surface area contributed by atoms with Gasteiger partial charge in [0.15, 0.2) is 0 Å². The Morgan fingerprint density at radius 1 is 1.19 bits per heavy atom. The van der Waals surface area contributed by atoms with Crippen molar-refractivity contribution >= 4 is 39.1 Å². The number of esters is 1. The molecule has 0 unspecified atom stereocenters. The van der Waals surface area contributed by atoms with E-state index in [0.717, 1.165) is 59.1 Å². The van der Waals surface area contributed by atoms with E-state index >= 15 is 0 Å². The van der Waals surface area contributed by atoms with Crippen molar-refractivity contribution in [2.75, 3.05) is 11.9 Å². The van der Waals surface area contributed by atoms with Gasteiger partial charge in [0.25, 0.3) is 0 Å². The first-order valence-corrected chi connectivity index (χ1v) is 13.2. The second kappa shape index (κ2) is 10.6. The van der Waals surface area contributed by atoms with Gasteiger partial charge in [0.2, 0.25) is 5.91 Å². The molecule has 0 saturated heterocycles. The summed E-state index contributed by atoms with van der Waals surface area (Å²) < 4.78 is 19.3. The van der Waals surface area contributed by atoms with Crippen molar-refractivity contribution < 1.29 is 18.7 Å². The smallest absolute Gasteiger partial charge is 0.341 e. The lowest BCUT2D eigenvalue weighted by Crippen LogP contribution is -2.15. The Balaban J connectivity index is 1.33. The molecule has 1 aromatic carbocycles. The van der Waals surface area contributed by atoms with Crippen LogP contribution in [0.5, 0.6) is 0 Å². The van der Waals surface area contributed by atoms with Crippen LogP contribution in [0, 0.1) is 5.82 Å². The maximum absolute atomic E-state index is 14.0. The third-order valence-electron chi connectivity index (χ3n) is 6.52. The molecule has 1 aliphatic rings. The summed E-state index contributed by atoms with van der Waals surface area (Å²) >= 11 is 1.49. The highest BCUT2D eigenvalue weighted by Crippen LogP contribution is 2.39. The average molecular weight is 506 g/mol. The molecule has 8 heteroatoms. The zero-order chi connectivity index (χ0) is 25.1. The minimum atomic E-state index is -0.368. The summed E-state index contributed by atoms with van der Waals surface area (Å²) in [6, 6.07) is 10.3. The van der Waals surface area contributed by atoms with E-state index in [1.807, 2.05) is 18.2 Å². The number of aromatic amines is 1. The number of rotatable bonds is 8. The fourth-order valence-electron chi connectivity index (χ4n) is 4.90. The number of amides is 1. The summed E-state index contributed by atoms with van der Waals surface area (Å²) in [7, 11) is 0. The number of hydrogen-bond donors (Lipinski definition) is 2. The van der Waals surface area contributed by atoms with Gasteiger partial charge in [-0.05, 0) is 86.9 Å². The number of pyridine rings is 1. The van der Waals surface area contributed by atoms with Crippen molar-refractivity contribution in [1.82, 2.24) is 9.97 Å². The van der Waals surface area contributed by atoms with Crippen molar-refractivity contribution in [2.45, 2.75) is 51.9 Å². The largest absolute Gasteiger partial charge is 0.462 e. The van der Waals surface area contributed by atoms with E-state index in [2.05, 4.69) is 15.3 Å². The number of benzene rings is 1. The van der Waals surface area contributed by atoms with Gasteiger partial charge in [0.05, 0.1) is 23.6 Å². The van der Waals surface area contributed by atoms with Crippen LogP contribution in [0.1, 0.15) is 59.0 Å². The summed E-state index contributed by atoms with van der Waals surface area (Å²) in [6.07, 6.45) is 7.03. The molecule has 5 rings (SSSR count). The number of carbonyl (C=O) groups is 2. The van der Waals surface area contributed by atoms with Gasteiger partial charge in [0, 0.05) is 28.4 Å². The van der Waals surface area contributed by atoms with Crippen LogP contribution in [-0.2, 0) is 28.8 Å². The molecule has 1 amide bonds. The van der Waals surface area contributed by atoms with Crippen molar-refractivity contribution in [2.24, 2.45) is 0 Å². The lowest BCUT2D eigenvalue weighted by molar-refractivity contribution is -0.116. The molecule has 0 atom stereocenters. The highest BCUT2D eigenvalue weighted by atomic mass is 32.1. The van der Waals surface area contributed by atoms with E-state index in [4.69, 9.17) is 4.74 Å². The van der Waals surface area contributed by atoms with Crippen LogP contribution in [0.4, 0.5) is 9.39 Å². The summed E-state index contributed by atoms with van der Waals surface area (Å²) in [5.74, 6) is -0.821. The molecule has 0 aliphatic heterocycles. The number of fused-ring (bicyclic) bond motifs is 2. The maximum atomic E-state index is 14.0. The predicted octanol–water partition coefficient (Wildman–Crippen LogP) is 6.45. The number of halogens is 1.